The van der Waals surface area contributed by atoms with E-state index in [2.05, 4.69) is 10.6 Å². The molecule has 0 bridgehead atoms. The van der Waals surface area contributed by atoms with Gasteiger partial charge in [0, 0.05) is 5.69 Å². The highest BCUT2D eigenvalue weighted by Crippen LogP contribution is 2.09. The number of carbonyl (C=O) groups is 3. The van der Waals surface area contributed by atoms with Crippen molar-refractivity contribution in [2.24, 2.45) is 0 Å². The van der Waals surface area contributed by atoms with Crippen LogP contribution < -0.4 is 10.6 Å². The summed E-state index contributed by atoms with van der Waals surface area (Å²) in [5, 5.41) is 14.3. The van der Waals surface area contributed by atoms with Gasteiger partial charge >= 0.3 is 12.1 Å². The van der Waals surface area contributed by atoms with Crippen molar-refractivity contribution in [2.45, 2.75) is 19.1 Å². The molecule has 2 aromatic rings. The van der Waals surface area contributed by atoms with Gasteiger partial charge < -0.3 is 20.5 Å². The number of hydrogen-bond donors (Lipinski definition) is 3. The quantitative estimate of drug-likeness (QED) is 0.528. The Bertz CT molecular complexity index is 771. The largest absolute Gasteiger partial charge is 0.480 e. The van der Waals surface area contributed by atoms with Crippen molar-refractivity contribution in [2.75, 3.05) is 16.8 Å². The summed E-state index contributed by atoms with van der Waals surface area (Å²) in [4.78, 5) is 35.0. The molecule has 8 heteroatoms. The van der Waals surface area contributed by atoms with Crippen molar-refractivity contribution in [3.63, 3.8) is 0 Å². The van der Waals surface area contributed by atoms with Gasteiger partial charge in [-0.3, -0.25) is 4.79 Å². The molecule has 2 amide bonds. The van der Waals surface area contributed by atoms with Gasteiger partial charge in [-0.05, 0) is 29.9 Å². The maximum Gasteiger partial charge on any atom is 0.408 e. The predicted molar refractivity (Wildman–Crippen MR) is 108 cm³/mol. The number of carboxylic acids is 1. The lowest BCUT2D eigenvalue weighted by molar-refractivity contribution is -0.139. The van der Waals surface area contributed by atoms with Gasteiger partial charge in [-0.25, -0.2) is 9.59 Å². The van der Waals surface area contributed by atoms with E-state index in [1.54, 1.807) is 24.3 Å². The Balaban J connectivity index is 1.67. The van der Waals surface area contributed by atoms with E-state index in [0.29, 0.717) is 11.4 Å². The highest BCUT2D eigenvalue weighted by molar-refractivity contribution is 7.99. The zero-order valence-electron chi connectivity index (χ0n) is 15.2. The number of nitrogens with one attached hydrogen (secondary N) is 2. The Morgan fingerprint density at radius 2 is 1.64 bits per heavy atom. The molecule has 0 aliphatic heterocycles. The first-order chi connectivity index (χ1) is 13.5. The summed E-state index contributed by atoms with van der Waals surface area (Å²) in [6, 6.07) is 17.1. The van der Waals surface area contributed by atoms with Crippen molar-refractivity contribution in [3.05, 3.63) is 66.2 Å². The number of aliphatic carboxylic acids is 1. The number of benzene rings is 2. The Hall–Kier alpha value is -3.00. The van der Waals surface area contributed by atoms with Gasteiger partial charge in [-0.1, -0.05) is 48.5 Å². The van der Waals surface area contributed by atoms with Crippen LogP contribution in [0.15, 0.2) is 60.7 Å². The maximum atomic E-state index is 11.9. The lowest BCUT2D eigenvalue weighted by atomic mass is 10.2. The molecule has 2 aromatic carbocycles. The Kier molecular flexibility index (Phi) is 8.87. The molecule has 2 rings (SSSR count). The monoisotopic (exact) mass is 402 g/mol. The summed E-state index contributed by atoms with van der Waals surface area (Å²) < 4.78 is 5.04. The van der Waals surface area contributed by atoms with Crippen molar-refractivity contribution in [1.29, 1.82) is 0 Å². The lowest BCUT2D eigenvalue weighted by Gasteiger charge is -2.14. The zero-order chi connectivity index (χ0) is 20.2. The SMILES string of the molecule is O=C(CSCCC(NC(=O)OCc1ccccc1)C(=O)O)Nc1ccccc1. The molecular formula is C20H22N2O5S. The molecule has 0 radical (unpaired) electrons. The Morgan fingerprint density at radius 3 is 2.29 bits per heavy atom. The van der Waals surface area contributed by atoms with E-state index < -0.39 is 18.1 Å². The molecule has 7 nitrogen and oxygen atoms in total. The van der Waals surface area contributed by atoms with Gasteiger partial charge in [0.05, 0.1) is 5.75 Å². The number of thioether (sulfide) groups is 1. The van der Waals surface area contributed by atoms with E-state index in [0.717, 1.165) is 5.56 Å². The second-order valence-electron chi connectivity index (χ2n) is 5.85. The molecule has 0 saturated carbocycles. The molecule has 0 saturated heterocycles. The number of anilines is 1. The van der Waals surface area contributed by atoms with Crippen LogP contribution in [0.1, 0.15) is 12.0 Å². The van der Waals surface area contributed by atoms with Crippen molar-refractivity contribution in [1.82, 2.24) is 5.32 Å². The van der Waals surface area contributed by atoms with Gasteiger partial charge in [0.2, 0.25) is 5.91 Å². The van der Waals surface area contributed by atoms with Crippen LogP contribution in [0.2, 0.25) is 0 Å². The molecule has 3 N–H and O–H groups in total. The molecule has 28 heavy (non-hydrogen) atoms. The molecule has 0 aliphatic carbocycles. The standard InChI is InChI=1S/C20H22N2O5S/c23-18(21-16-9-5-2-6-10-16)14-28-12-11-17(19(24)25)22-20(26)27-13-15-7-3-1-4-8-15/h1-10,17H,11-14H2,(H,21,23)(H,22,26)(H,24,25). The predicted octanol–water partition coefficient (Wildman–Crippen LogP) is 3.13. The van der Waals surface area contributed by atoms with E-state index in [-0.39, 0.29) is 24.7 Å². The van der Waals surface area contributed by atoms with Gasteiger partial charge in [-0.15, -0.1) is 0 Å². The molecule has 148 valence electrons. The van der Waals surface area contributed by atoms with Gasteiger partial charge in [-0.2, -0.15) is 11.8 Å². The van der Waals surface area contributed by atoms with Crippen LogP contribution >= 0.6 is 11.8 Å². The maximum absolute atomic E-state index is 11.9. The van der Waals surface area contributed by atoms with E-state index in [4.69, 9.17) is 4.74 Å². The second kappa shape index (κ2) is 11.7. The Labute approximate surface area is 167 Å². The number of carboxylic acid groups (broad SMARTS) is 1. The van der Waals surface area contributed by atoms with Gasteiger partial charge in [0.15, 0.2) is 0 Å². The summed E-state index contributed by atoms with van der Waals surface area (Å²) in [6.07, 6.45) is -0.609. The number of ether oxygens (including phenoxy) is 1. The van der Waals surface area contributed by atoms with Crippen molar-refractivity contribution in [3.8, 4) is 0 Å². The number of alkyl carbamates (subject to hydrolysis) is 1. The smallest absolute Gasteiger partial charge is 0.408 e. The third-order valence-electron chi connectivity index (χ3n) is 3.64. The van der Waals surface area contributed by atoms with Gasteiger partial charge in [0.25, 0.3) is 0 Å². The van der Waals surface area contributed by atoms with Crippen LogP contribution in [0.25, 0.3) is 0 Å². The van der Waals surface area contributed by atoms with Crippen molar-refractivity contribution >= 4 is 35.4 Å². The zero-order valence-corrected chi connectivity index (χ0v) is 16.0. The first-order valence-corrected chi connectivity index (χ1v) is 9.82. The molecule has 0 spiro atoms. The van der Waals surface area contributed by atoms with Crippen LogP contribution in [0.5, 0.6) is 0 Å². The van der Waals surface area contributed by atoms with Crippen LogP contribution in [0.3, 0.4) is 0 Å². The van der Waals surface area contributed by atoms with E-state index in [1.807, 2.05) is 36.4 Å². The summed E-state index contributed by atoms with van der Waals surface area (Å²) in [6.45, 7) is 0.0629. The van der Waals surface area contributed by atoms with E-state index in [1.165, 1.54) is 11.8 Å². The first kappa shape index (κ1) is 21.3. The first-order valence-electron chi connectivity index (χ1n) is 8.67. The van der Waals surface area contributed by atoms with Crippen LogP contribution in [-0.4, -0.2) is 40.6 Å². The van der Waals surface area contributed by atoms with Gasteiger partial charge in [0.1, 0.15) is 12.6 Å². The highest BCUT2D eigenvalue weighted by Gasteiger charge is 2.20. The molecule has 1 unspecified atom stereocenters. The number of amides is 2. The van der Waals surface area contributed by atoms with E-state index >= 15 is 0 Å². The minimum Gasteiger partial charge on any atom is -0.480 e. The summed E-state index contributed by atoms with van der Waals surface area (Å²) in [5.74, 6) is -0.720. The van der Waals surface area contributed by atoms with Crippen molar-refractivity contribution < 1.29 is 24.2 Å². The lowest BCUT2D eigenvalue weighted by Crippen LogP contribution is -2.41. The minimum absolute atomic E-state index is 0.0629. The average Bonchev–Trinajstić information content (AvgIpc) is 2.70. The third kappa shape index (κ3) is 8.13. The molecular weight excluding hydrogens is 380 g/mol. The van der Waals surface area contributed by atoms with Crippen LogP contribution in [0, 0.1) is 0 Å². The fraction of sp³-hybridized carbons (Fsp3) is 0.250. The van der Waals surface area contributed by atoms with Crippen LogP contribution in [0.4, 0.5) is 10.5 Å². The topological polar surface area (TPSA) is 105 Å². The molecule has 0 heterocycles. The van der Waals surface area contributed by atoms with Crippen LogP contribution in [-0.2, 0) is 20.9 Å². The normalized spacial score (nSPS) is 11.3. The highest BCUT2D eigenvalue weighted by atomic mass is 32.2. The number of para-hydroxylation sites is 1. The molecule has 0 aliphatic rings. The summed E-state index contributed by atoms with van der Waals surface area (Å²) >= 11 is 1.30. The second-order valence-corrected chi connectivity index (χ2v) is 6.96. The summed E-state index contributed by atoms with van der Waals surface area (Å²) in [7, 11) is 0. The molecule has 0 aromatic heterocycles. The van der Waals surface area contributed by atoms with E-state index in [9.17, 15) is 19.5 Å². The Morgan fingerprint density at radius 1 is 1.00 bits per heavy atom. The summed E-state index contributed by atoms with van der Waals surface area (Å²) in [5.41, 5.74) is 1.52. The number of rotatable bonds is 10. The fourth-order valence-electron chi connectivity index (χ4n) is 2.25. The average molecular weight is 402 g/mol. The third-order valence-corrected chi connectivity index (χ3v) is 4.64. The molecule has 1 atom stereocenters. The minimum atomic E-state index is -1.15. The number of hydrogen-bond acceptors (Lipinski definition) is 5. The molecule has 0 fully saturated rings. The fourth-order valence-corrected chi connectivity index (χ4v) is 3.05. The number of carbonyl (C=O) groups excluding carboxylic acids is 2.